The van der Waals surface area contributed by atoms with Crippen LogP contribution < -0.4 is 16.0 Å². The number of ether oxygens (including phenoxy) is 3. The van der Waals surface area contributed by atoms with Crippen LogP contribution in [-0.4, -0.2) is 114 Å². The maximum atomic E-state index is 12.8. The maximum Gasteiger partial charge on any atom is 0.327 e. The SMILES string of the molecule is O=CO[C@H](CCC(=O)O)NC(=O)N[C@@H](CCC(=O)CCCOCCOCCC(=O)C[C@@H](Cc1ccccc1)C(=O)N[C@@H](CS)C(=O)O)C(=O)O. The Labute approximate surface area is 294 Å². The van der Waals surface area contributed by atoms with Gasteiger partial charge in [-0.1, -0.05) is 30.3 Å². The average Bonchev–Trinajstić information content (AvgIpc) is 3.06. The molecule has 50 heavy (non-hydrogen) atoms. The maximum absolute atomic E-state index is 12.8. The predicted molar refractivity (Wildman–Crippen MR) is 177 cm³/mol. The van der Waals surface area contributed by atoms with Crippen molar-refractivity contribution in [1.29, 1.82) is 0 Å². The van der Waals surface area contributed by atoms with Gasteiger partial charge in [-0.15, -0.1) is 0 Å². The van der Waals surface area contributed by atoms with Crippen LogP contribution in [0.4, 0.5) is 4.79 Å². The minimum atomic E-state index is -1.43. The molecule has 0 fully saturated rings. The van der Waals surface area contributed by atoms with E-state index in [1.807, 2.05) is 18.2 Å². The summed E-state index contributed by atoms with van der Waals surface area (Å²) in [7, 11) is 0. The molecule has 0 saturated carbocycles. The van der Waals surface area contributed by atoms with Crippen molar-refractivity contribution in [2.45, 2.75) is 76.1 Å². The molecule has 0 aliphatic rings. The number of urea groups is 1. The molecule has 6 N–H and O–H groups in total. The van der Waals surface area contributed by atoms with Crippen LogP contribution in [0, 0.1) is 5.92 Å². The molecule has 1 aromatic rings. The van der Waals surface area contributed by atoms with E-state index in [0.29, 0.717) is 6.42 Å². The second kappa shape index (κ2) is 25.4. The van der Waals surface area contributed by atoms with Gasteiger partial charge in [0.05, 0.1) is 26.2 Å². The van der Waals surface area contributed by atoms with Crippen molar-refractivity contribution >= 4 is 60.5 Å². The average molecular weight is 728 g/mol. The van der Waals surface area contributed by atoms with Gasteiger partial charge in [0.15, 0.2) is 6.23 Å². The van der Waals surface area contributed by atoms with Crippen LogP contribution in [0.5, 0.6) is 0 Å². The summed E-state index contributed by atoms with van der Waals surface area (Å²) in [4.78, 5) is 93.9. The Morgan fingerprint density at radius 1 is 0.740 bits per heavy atom. The molecule has 0 bridgehead atoms. The number of carbonyl (C=O) groups is 8. The van der Waals surface area contributed by atoms with Crippen molar-refractivity contribution < 1.29 is 67.9 Å². The molecular formula is C32H45N3O14S. The highest BCUT2D eigenvalue weighted by molar-refractivity contribution is 7.80. The van der Waals surface area contributed by atoms with E-state index in [1.165, 1.54) is 0 Å². The fraction of sp³-hybridized carbons (Fsp3) is 0.562. The van der Waals surface area contributed by atoms with Crippen molar-refractivity contribution in [3.8, 4) is 0 Å². The standard InChI is InChI=1S/C32H45N3O14S/c36-20-49-27(10-11-28(39)40)35-32(46)34-25(30(42)43)9-8-23(37)7-4-13-47-15-16-48-14-12-24(38)18-22(17-21-5-2-1-3-6-21)29(41)33-26(19-50)31(44)45/h1-3,5-6,20,22,25-27,50H,4,7-19H2,(H,33,41)(H,39,40)(H,42,43)(H,44,45)(H2,34,35,46)/t22-,25+,26+,27-/m1/s1. The zero-order valence-corrected chi connectivity index (χ0v) is 28.3. The Bertz CT molecular complexity index is 1270. The Balaban J connectivity index is 2.32. The molecule has 0 unspecified atom stereocenters. The quantitative estimate of drug-likeness (QED) is 0.0263. The molecule has 0 heterocycles. The second-order valence-corrected chi connectivity index (χ2v) is 11.4. The molecule has 4 atom stereocenters. The number of Topliss-reactive ketones (excluding diaryl/α,β-unsaturated/α-hetero) is 2. The van der Waals surface area contributed by atoms with Gasteiger partial charge in [0.1, 0.15) is 23.7 Å². The van der Waals surface area contributed by atoms with Crippen molar-refractivity contribution in [2.24, 2.45) is 5.92 Å². The largest absolute Gasteiger partial charge is 0.481 e. The predicted octanol–water partition coefficient (Wildman–Crippen LogP) is 0.973. The van der Waals surface area contributed by atoms with E-state index in [2.05, 4.69) is 33.3 Å². The van der Waals surface area contributed by atoms with Crippen molar-refractivity contribution in [3.63, 3.8) is 0 Å². The molecule has 0 saturated heterocycles. The topological polar surface area (TPSA) is 261 Å². The number of hydrogen-bond acceptors (Lipinski definition) is 12. The monoisotopic (exact) mass is 727 g/mol. The summed E-state index contributed by atoms with van der Waals surface area (Å²) in [6, 6.07) is 5.42. The molecule has 17 nitrogen and oxygen atoms in total. The van der Waals surface area contributed by atoms with Crippen LogP contribution in [0.3, 0.4) is 0 Å². The van der Waals surface area contributed by atoms with Crippen LogP contribution >= 0.6 is 12.6 Å². The summed E-state index contributed by atoms with van der Waals surface area (Å²) in [6.07, 6.45) is -1.67. The van der Waals surface area contributed by atoms with Gasteiger partial charge < -0.3 is 45.5 Å². The number of carboxylic acid groups (broad SMARTS) is 3. The summed E-state index contributed by atoms with van der Waals surface area (Å²) in [5.74, 6) is -5.73. The smallest absolute Gasteiger partial charge is 0.327 e. The lowest BCUT2D eigenvalue weighted by atomic mass is 9.92. The summed E-state index contributed by atoms with van der Waals surface area (Å²) >= 11 is 3.96. The number of ketones is 2. The van der Waals surface area contributed by atoms with Crippen LogP contribution in [-0.2, 0) is 54.2 Å². The Kier molecular flexibility index (Phi) is 22.1. The molecule has 0 radical (unpaired) electrons. The molecule has 18 heteroatoms. The number of benzene rings is 1. The molecule has 1 aromatic carbocycles. The highest BCUT2D eigenvalue weighted by atomic mass is 32.1. The summed E-state index contributed by atoms with van der Waals surface area (Å²) < 4.78 is 15.4. The lowest BCUT2D eigenvalue weighted by Crippen LogP contribution is -2.49. The van der Waals surface area contributed by atoms with E-state index in [9.17, 15) is 48.6 Å². The van der Waals surface area contributed by atoms with Crippen molar-refractivity contribution in [3.05, 3.63) is 35.9 Å². The molecule has 1 rings (SSSR count). The van der Waals surface area contributed by atoms with Gasteiger partial charge in [0, 0.05) is 50.4 Å². The zero-order chi connectivity index (χ0) is 37.3. The van der Waals surface area contributed by atoms with E-state index >= 15 is 0 Å². The third kappa shape index (κ3) is 20.1. The number of nitrogens with one attached hydrogen (secondary N) is 3. The first-order valence-corrected chi connectivity index (χ1v) is 16.5. The fourth-order valence-corrected chi connectivity index (χ4v) is 4.66. The fourth-order valence-electron chi connectivity index (χ4n) is 4.42. The number of hydrogen-bond donors (Lipinski definition) is 7. The zero-order valence-electron chi connectivity index (χ0n) is 27.5. The summed E-state index contributed by atoms with van der Waals surface area (Å²) in [6.45, 7) is 0.663. The molecule has 0 spiro atoms. The van der Waals surface area contributed by atoms with Crippen LogP contribution in [0.25, 0.3) is 0 Å². The van der Waals surface area contributed by atoms with Gasteiger partial charge in [-0.2, -0.15) is 12.6 Å². The number of thiol groups is 1. The van der Waals surface area contributed by atoms with Gasteiger partial charge in [-0.05, 0) is 24.8 Å². The minimum absolute atomic E-state index is 0.0166. The van der Waals surface area contributed by atoms with Gasteiger partial charge >= 0.3 is 23.9 Å². The molecule has 0 aliphatic heterocycles. The highest BCUT2D eigenvalue weighted by Crippen LogP contribution is 2.15. The number of rotatable bonds is 29. The number of aliphatic carboxylic acids is 3. The van der Waals surface area contributed by atoms with Gasteiger partial charge in [0.2, 0.25) is 5.91 Å². The Morgan fingerprint density at radius 2 is 1.40 bits per heavy atom. The molecule has 0 aromatic heterocycles. The van der Waals surface area contributed by atoms with E-state index < -0.39 is 60.5 Å². The van der Waals surface area contributed by atoms with E-state index in [1.54, 1.807) is 12.1 Å². The highest BCUT2D eigenvalue weighted by Gasteiger charge is 2.27. The van der Waals surface area contributed by atoms with E-state index in [4.69, 9.17) is 14.6 Å². The molecular weight excluding hydrogens is 682 g/mol. The first-order chi connectivity index (χ1) is 23.9. The third-order valence-electron chi connectivity index (χ3n) is 7.06. The number of amides is 3. The van der Waals surface area contributed by atoms with E-state index in [0.717, 1.165) is 5.56 Å². The summed E-state index contributed by atoms with van der Waals surface area (Å²) in [5.41, 5.74) is 0.823. The summed E-state index contributed by atoms with van der Waals surface area (Å²) in [5, 5.41) is 34.1. The Morgan fingerprint density at radius 3 is 2.00 bits per heavy atom. The van der Waals surface area contributed by atoms with Crippen molar-refractivity contribution in [1.82, 2.24) is 16.0 Å². The first kappa shape index (κ1) is 43.5. The lowest BCUT2D eigenvalue weighted by Gasteiger charge is -2.19. The van der Waals surface area contributed by atoms with Gasteiger partial charge in [0.25, 0.3) is 6.47 Å². The van der Waals surface area contributed by atoms with E-state index in [-0.39, 0.29) is 95.2 Å². The minimum Gasteiger partial charge on any atom is -0.481 e. The Hall–Kier alpha value is -4.55. The van der Waals surface area contributed by atoms with Gasteiger partial charge in [-0.25, -0.2) is 14.4 Å². The second-order valence-electron chi connectivity index (χ2n) is 11.0. The normalized spacial score (nSPS) is 13.1. The molecule has 0 aliphatic carbocycles. The van der Waals surface area contributed by atoms with Crippen LogP contribution in [0.15, 0.2) is 30.3 Å². The van der Waals surface area contributed by atoms with Crippen LogP contribution in [0.2, 0.25) is 0 Å². The lowest BCUT2D eigenvalue weighted by molar-refractivity contribution is -0.142. The third-order valence-corrected chi connectivity index (χ3v) is 7.42. The first-order valence-electron chi connectivity index (χ1n) is 15.8. The van der Waals surface area contributed by atoms with Crippen molar-refractivity contribution in [2.75, 3.05) is 32.2 Å². The molecule has 278 valence electrons. The van der Waals surface area contributed by atoms with Gasteiger partial charge in [-0.3, -0.25) is 24.0 Å². The molecule has 3 amide bonds. The number of carboxylic acids is 3. The number of carbonyl (C=O) groups excluding carboxylic acids is 5. The van der Waals surface area contributed by atoms with Crippen LogP contribution in [0.1, 0.15) is 56.9 Å².